The zero-order valence-corrected chi connectivity index (χ0v) is 10.8. The van der Waals surface area contributed by atoms with Gasteiger partial charge < -0.3 is 20.2 Å². The third-order valence-electron chi connectivity index (χ3n) is 2.31. The zero-order valence-electron chi connectivity index (χ0n) is 10.1. The van der Waals surface area contributed by atoms with Crippen molar-refractivity contribution in [1.29, 1.82) is 0 Å². The summed E-state index contributed by atoms with van der Waals surface area (Å²) in [7, 11) is 0. The first-order chi connectivity index (χ1) is 9.15. The van der Waals surface area contributed by atoms with Crippen LogP contribution in [-0.2, 0) is 0 Å². The molecule has 0 saturated heterocycles. The Bertz CT molecular complexity index is 569. The van der Waals surface area contributed by atoms with Crippen LogP contribution in [0.15, 0.2) is 40.8 Å². The highest BCUT2D eigenvalue weighted by Crippen LogP contribution is 2.14. The van der Waals surface area contributed by atoms with Gasteiger partial charge in [0.25, 0.3) is 5.91 Å². The molecule has 0 aliphatic rings. The van der Waals surface area contributed by atoms with Crippen LogP contribution in [0.2, 0.25) is 5.22 Å². The Hall–Kier alpha value is -2.14. The molecular weight excluding hydrogens is 268 g/mol. The highest BCUT2D eigenvalue weighted by atomic mass is 35.5. The highest BCUT2D eigenvalue weighted by molar-refractivity contribution is 6.29. The maximum atomic E-state index is 11.6. The number of nitrogen functional groups attached to an aromatic ring is 1. The fraction of sp³-hybridized carbons (Fsp3) is 0.154. The average Bonchev–Trinajstić information content (AvgIpc) is 2.81. The van der Waals surface area contributed by atoms with E-state index in [1.807, 2.05) is 0 Å². The Morgan fingerprint density at radius 2 is 2.21 bits per heavy atom. The van der Waals surface area contributed by atoms with E-state index in [1.54, 1.807) is 24.3 Å². The van der Waals surface area contributed by atoms with Gasteiger partial charge in [-0.25, -0.2) is 0 Å². The number of amides is 1. The Labute approximate surface area is 115 Å². The van der Waals surface area contributed by atoms with Crippen molar-refractivity contribution in [2.24, 2.45) is 0 Å². The molecule has 100 valence electrons. The van der Waals surface area contributed by atoms with Gasteiger partial charge in [-0.05, 0) is 35.9 Å². The van der Waals surface area contributed by atoms with Crippen molar-refractivity contribution in [3.63, 3.8) is 0 Å². The summed E-state index contributed by atoms with van der Waals surface area (Å²) in [4.78, 5) is 11.6. The lowest BCUT2D eigenvalue weighted by Crippen LogP contribution is -2.27. The molecule has 2 aromatic rings. The summed E-state index contributed by atoms with van der Waals surface area (Å²) < 4.78 is 10.4. The fourth-order valence-electron chi connectivity index (χ4n) is 1.46. The molecule has 0 bridgehead atoms. The third kappa shape index (κ3) is 3.93. The van der Waals surface area contributed by atoms with Gasteiger partial charge in [-0.1, -0.05) is 6.07 Å². The van der Waals surface area contributed by atoms with Crippen molar-refractivity contribution in [1.82, 2.24) is 5.32 Å². The second-order valence-electron chi connectivity index (χ2n) is 3.78. The van der Waals surface area contributed by atoms with Crippen LogP contribution < -0.4 is 15.8 Å². The molecule has 0 aliphatic carbocycles. The van der Waals surface area contributed by atoms with Crippen molar-refractivity contribution >= 4 is 23.2 Å². The average molecular weight is 281 g/mol. The number of halogens is 1. The Kier molecular flexibility index (Phi) is 4.30. The summed E-state index contributed by atoms with van der Waals surface area (Å²) in [6, 6.07) is 10.1. The molecule has 0 fully saturated rings. The van der Waals surface area contributed by atoms with Gasteiger partial charge in [-0.15, -0.1) is 0 Å². The molecule has 5 nitrogen and oxygen atoms in total. The van der Waals surface area contributed by atoms with Crippen LogP contribution in [-0.4, -0.2) is 19.1 Å². The van der Waals surface area contributed by atoms with Crippen molar-refractivity contribution in [2.45, 2.75) is 0 Å². The first kappa shape index (κ1) is 13.3. The van der Waals surface area contributed by atoms with Gasteiger partial charge >= 0.3 is 0 Å². The normalized spacial score (nSPS) is 10.2. The Morgan fingerprint density at radius 1 is 1.37 bits per heavy atom. The standard InChI is InChI=1S/C13H13ClN2O3/c14-12-5-4-11(19-12)13(17)16-6-7-18-10-3-1-2-9(15)8-10/h1-5,8H,6-7,15H2,(H,16,17). The van der Waals surface area contributed by atoms with E-state index in [1.165, 1.54) is 12.1 Å². The lowest BCUT2D eigenvalue weighted by molar-refractivity contribution is 0.0919. The first-order valence-electron chi connectivity index (χ1n) is 5.67. The van der Waals surface area contributed by atoms with Crippen LogP contribution in [0.1, 0.15) is 10.6 Å². The van der Waals surface area contributed by atoms with E-state index in [2.05, 4.69) is 5.32 Å². The number of hydrogen-bond donors (Lipinski definition) is 2. The number of nitrogens with two attached hydrogens (primary N) is 1. The molecule has 0 unspecified atom stereocenters. The number of carbonyl (C=O) groups is 1. The molecule has 0 aliphatic heterocycles. The van der Waals surface area contributed by atoms with E-state index in [4.69, 9.17) is 26.5 Å². The van der Waals surface area contributed by atoms with Gasteiger partial charge in [-0.3, -0.25) is 4.79 Å². The molecule has 1 aromatic heterocycles. The number of benzene rings is 1. The van der Waals surface area contributed by atoms with Gasteiger partial charge in [0, 0.05) is 11.8 Å². The number of anilines is 1. The molecular formula is C13H13ClN2O3. The number of carbonyl (C=O) groups excluding carboxylic acids is 1. The minimum atomic E-state index is -0.330. The number of furan rings is 1. The molecule has 0 atom stereocenters. The zero-order chi connectivity index (χ0) is 13.7. The summed E-state index contributed by atoms with van der Waals surface area (Å²) in [6.07, 6.45) is 0. The molecule has 6 heteroatoms. The van der Waals surface area contributed by atoms with Crippen LogP contribution in [0.5, 0.6) is 5.75 Å². The number of ether oxygens (including phenoxy) is 1. The number of hydrogen-bond acceptors (Lipinski definition) is 4. The molecule has 0 spiro atoms. The van der Waals surface area contributed by atoms with Crippen molar-refractivity contribution < 1.29 is 13.9 Å². The van der Waals surface area contributed by atoms with Crippen LogP contribution >= 0.6 is 11.6 Å². The predicted octanol–water partition coefficient (Wildman–Crippen LogP) is 2.32. The first-order valence-corrected chi connectivity index (χ1v) is 6.05. The Morgan fingerprint density at radius 3 is 2.89 bits per heavy atom. The van der Waals surface area contributed by atoms with Gasteiger partial charge in [0.1, 0.15) is 12.4 Å². The largest absolute Gasteiger partial charge is 0.492 e. The van der Waals surface area contributed by atoms with Crippen molar-refractivity contribution in [3.05, 3.63) is 47.4 Å². The lowest BCUT2D eigenvalue weighted by atomic mass is 10.3. The molecule has 19 heavy (non-hydrogen) atoms. The van der Waals surface area contributed by atoms with E-state index in [0.717, 1.165) is 0 Å². The molecule has 1 heterocycles. The van der Waals surface area contributed by atoms with Gasteiger partial charge in [-0.2, -0.15) is 0 Å². The molecule has 0 saturated carbocycles. The Balaban J connectivity index is 1.74. The molecule has 2 rings (SSSR count). The van der Waals surface area contributed by atoms with Crippen LogP contribution in [0.3, 0.4) is 0 Å². The summed E-state index contributed by atoms with van der Waals surface area (Å²) in [5.74, 6) is 0.507. The minimum Gasteiger partial charge on any atom is -0.492 e. The topological polar surface area (TPSA) is 77.5 Å². The second kappa shape index (κ2) is 6.15. The van der Waals surface area contributed by atoms with Gasteiger partial charge in [0.2, 0.25) is 0 Å². The maximum Gasteiger partial charge on any atom is 0.287 e. The van der Waals surface area contributed by atoms with E-state index < -0.39 is 0 Å². The molecule has 3 N–H and O–H groups in total. The van der Waals surface area contributed by atoms with Crippen LogP contribution in [0.4, 0.5) is 5.69 Å². The predicted molar refractivity (Wildman–Crippen MR) is 72.4 cm³/mol. The monoisotopic (exact) mass is 280 g/mol. The molecule has 0 radical (unpaired) electrons. The van der Waals surface area contributed by atoms with E-state index in [9.17, 15) is 4.79 Å². The van der Waals surface area contributed by atoms with E-state index >= 15 is 0 Å². The number of rotatable bonds is 5. The van der Waals surface area contributed by atoms with Crippen molar-refractivity contribution in [3.8, 4) is 5.75 Å². The van der Waals surface area contributed by atoms with Crippen LogP contribution in [0, 0.1) is 0 Å². The van der Waals surface area contributed by atoms with Gasteiger partial charge in [0.15, 0.2) is 11.0 Å². The molecule has 1 amide bonds. The van der Waals surface area contributed by atoms with E-state index in [-0.39, 0.29) is 16.9 Å². The maximum absolute atomic E-state index is 11.6. The second-order valence-corrected chi connectivity index (χ2v) is 4.15. The molecule has 1 aromatic carbocycles. The van der Waals surface area contributed by atoms with Crippen LogP contribution in [0.25, 0.3) is 0 Å². The minimum absolute atomic E-state index is 0.175. The third-order valence-corrected chi connectivity index (χ3v) is 2.51. The summed E-state index contributed by atoms with van der Waals surface area (Å²) >= 11 is 5.58. The lowest BCUT2D eigenvalue weighted by Gasteiger charge is -2.07. The quantitative estimate of drug-likeness (QED) is 0.651. The fourth-order valence-corrected chi connectivity index (χ4v) is 1.61. The van der Waals surface area contributed by atoms with E-state index in [0.29, 0.717) is 24.6 Å². The summed E-state index contributed by atoms with van der Waals surface area (Å²) in [6.45, 7) is 0.690. The van der Waals surface area contributed by atoms with Crippen molar-refractivity contribution in [2.75, 3.05) is 18.9 Å². The summed E-state index contributed by atoms with van der Waals surface area (Å²) in [5, 5.41) is 2.83. The highest BCUT2D eigenvalue weighted by Gasteiger charge is 2.09. The van der Waals surface area contributed by atoms with Gasteiger partial charge in [0.05, 0.1) is 6.54 Å². The number of nitrogens with one attached hydrogen (secondary N) is 1. The smallest absolute Gasteiger partial charge is 0.287 e. The SMILES string of the molecule is Nc1cccc(OCCNC(=O)c2ccc(Cl)o2)c1. The summed E-state index contributed by atoms with van der Waals surface area (Å²) in [5.41, 5.74) is 6.25.